The van der Waals surface area contributed by atoms with E-state index in [1.165, 1.54) is 64.2 Å². The van der Waals surface area contributed by atoms with E-state index in [9.17, 15) is 28.5 Å². The minimum Gasteiger partial charge on any atom is -0.457 e. The molecule has 0 saturated carbocycles. The number of hydrogen-bond acceptors (Lipinski definition) is 11. The van der Waals surface area contributed by atoms with Gasteiger partial charge in [-0.1, -0.05) is 140 Å². The second kappa shape index (κ2) is 37.8. The molecule has 1 saturated heterocycles. The zero-order valence-corrected chi connectivity index (χ0v) is 37.4. The number of unbranched alkanes of at least 4 members (excludes halogenated alkanes) is 18. The molecular formula is C46H82O12S. The van der Waals surface area contributed by atoms with Crippen LogP contribution in [-0.2, 0) is 38.3 Å². The zero-order chi connectivity index (χ0) is 43.2. The van der Waals surface area contributed by atoms with Crippen LogP contribution in [-0.4, -0.2) is 97.5 Å². The molecule has 0 radical (unpaired) electrons. The van der Waals surface area contributed by atoms with E-state index in [1.807, 2.05) is 0 Å². The highest BCUT2D eigenvalue weighted by Crippen LogP contribution is 2.26. The second-order valence-electron chi connectivity index (χ2n) is 15.6. The lowest BCUT2D eigenvalue weighted by Crippen LogP contribution is -2.60. The molecule has 6 atom stereocenters. The standard InChI is InChI=1S/C46H82O12S/c1-3-5-7-9-11-13-15-17-19-20-22-24-26-28-30-32-34-36-54-38-40(39-55-46-44(50)45(58-59(51,52)53)43(49)41(37-47)57-46)56-42(48)35-33-31-29-27-25-23-21-18-16-14-12-10-8-6-4-2/h12-15,18-21,40-41,43-47,49-50H,3-11,16-17,22-39H2,1-2H3,(H,51,52,53)/b14-12-,15-13-,20-19-,21-18-. The lowest BCUT2D eigenvalue weighted by atomic mass is 9.99. The molecule has 0 aliphatic carbocycles. The fraction of sp³-hybridized carbons (Fsp3) is 0.804. The smallest absolute Gasteiger partial charge is 0.397 e. The average molecular weight is 859 g/mol. The number of rotatable bonds is 39. The van der Waals surface area contributed by atoms with Crippen LogP contribution in [0.5, 0.6) is 0 Å². The average Bonchev–Trinajstić information content (AvgIpc) is 3.20. The van der Waals surface area contributed by atoms with Gasteiger partial charge < -0.3 is 34.3 Å². The minimum atomic E-state index is -5.07. The van der Waals surface area contributed by atoms with E-state index in [2.05, 4.69) is 66.6 Å². The van der Waals surface area contributed by atoms with Crippen LogP contribution in [0.4, 0.5) is 0 Å². The van der Waals surface area contributed by atoms with E-state index in [0.29, 0.717) is 13.0 Å². The van der Waals surface area contributed by atoms with Crippen LogP contribution < -0.4 is 0 Å². The van der Waals surface area contributed by atoms with Crippen molar-refractivity contribution in [2.24, 2.45) is 0 Å². The molecule has 0 amide bonds. The first kappa shape index (κ1) is 55.1. The molecule has 6 unspecified atom stereocenters. The van der Waals surface area contributed by atoms with E-state index >= 15 is 0 Å². The summed E-state index contributed by atoms with van der Waals surface area (Å²) >= 11 is 0. The Bertz CT molecular complexity index is 1220. The number of hydrogen-bond donors (Lipinski definition) is 4. The molecule has 1 aliphatic heterocycles. The number of esters is 1. The predicted octanol–water partition coefficient (Wildman–Crippen LogP) is 9.58. The predicted molar refractivity (Wildman–Crippen MR) is 234 cm³/mol. The summed E-state index contributed by atoms with van der Waals surface area (Å²) in [5.74, 6) is -0.418. The van der Waals surface area contributed by atoms with Gasteiger partial charge in [-0.2, -0.15) is 8.42 Å². The van der Waals surface area contributed by atoms with Crippen molar-refractivity contribution >= 4 is 16.4 Å². The molecule has 13 heteroatoms. The molecule has 1 rings (SSSR count). The fourth-order valence-electron chi connectivity index (χ4n) is 6.67. The molecule has 59 heavy (non-hydrogen) atoms. The Balaban J connectivity index is 2.45. The van der Waals surface area contributed by atoms with Gasteiger partial charge in [0.15, 0.2) is 6.29 Å². The van der Waals surface area contributed by atoms with Crippen molar-refractivity contribution in [1.82, 2.24) is 0 Å². The van der Waals surface area contributed by atoms with Gasteiger partial charge in [-0.05, 0) is 77.0 Å². The Morgan fingerprint density at radius 2 is 1.12 bits per heavy atom. The lowest BCUT2D eigenvalue weighted by molar-refractivity contribution is -0.301. The Morgan fingerprint density at radius 1 is 0.644 bits per heavy atom. The molecule has 0 bridgehead atoms. The van der Waals surface area contributed by atoms with Crippen LogP contribution in [0.2, 0.25) is 0 Å². The van der Waals surface area contributed by atoms with Crippen molar-refractivity contribution in [3.8, 4) is 0 Å². The number of carbonyl (C=O) groups excluding carboxylic acids is 1. The van der Waals surface area contributed by atoms with Gasteiger partial charge in [0.2, 0.25) is 0 Å². The summed E-state index contributed by atoms with van der Waals surface area (Å²) in [4.78, 5) is 12.8. The third kappa shape index (κ3) is 31.6. The van der Waals surface area contributed by atoms with Crippen LogP contribution in [0.3, 0.4) is 0 Å². The van der Waals surface area contributed by atoms with Gasteiger partial charge in [0, 0.05) is 13.0 Å². The topological polar surface area (TPSA) is 178 Å². The van der Waals surface area contributed by atoms with Crippen LogP contribution in [0.15, 0.2) is 48.6 Å². The first-order valence-electron chi connectivity index (χ1n) is 22.9. The highest BCUT2D eigenvalue weighted by molar-refractivity contribution is 7.80. The lowest BCUT2D eigenvalue weighted by Gasteiger charge is -2.41. The number of allylic oxidation sites excluding steroid dienone is 8. The van der Waals surface area contributed by atoms with Crippen molar-refractivity contribution < 1.29 is 56.2 Å². The maximum Gasteiger partial charge on any atom is 0.397 e. The monoisotopic (exact) mass is 859 g/mol. The van der Waals surface area contributed by atoms with E-state index in [0.717, 1.165) is 83.5 Å². The van der Waals surface area contributed by atoms with Gasteiger partial charge in [0.25, 0.3) is 0 Å². The Kier molecular flexibility index (Phi) is 35.3. The Morgan fingerprint density at radius 3 is 1.64 bits per heavy atom. The summed E-state index contributed by atoms with van der Waals surface area (Å²) in [6, 6.07) is 0. The molecule has 0 aromatic carbocycles. The van der Waals surface area contributed by atoms with Gasteiger partial charge in [-0.25, -0.2) is 4.18 Å². The summed E-state index contributed by atoms with van der Waals surface area (Å²) < 4.78 is 59.0. The van der Waals surface area contributed by atoms with Gasteiger partial charge in [-0.15, -0.1) is 0 Å². The molecule has 0 spiro atoms. The quantitative estimate of drug-likeness (QED) is 0.0199. The highest BCUT2D eigenvalue weighted by Gasteiger charge is 2.48. The molecule has 12 nitrogen and oxygen atoms in total. The summed E-state index contributed by atoms with van der Waals surface area (Å²) in [6.07, 6.45) is 35.6. The number of aliphatic hydroxyl groups excluding tert-OH is 3. The van der Waals surface area contributed by atoms with Crippen LogP contribution >= 0.6 is 0 Å². The van der Waals surface area contributed by atoms with E-state index < -0.39 is 59.8 Å². The summed E-state index contributed by atoms with van der Waals surface area (Å²) in [6.45, 7) is 3.90. The van der Waals surface area contributed by atoms with Crippen LogP contribution in [0.25, 0.3) is 0 Å². The third-order valence-corrected chi connectivity index (χ3v) is 10.6. The van der Waals surface area contributed by atoms with Gasteiger partial charge >= 0.3 is 16.4 Å². The summed E-state index contributed by atoms with van der Waals surface area (Å²) in [5.41, 5.74) is 0. The van der Waals surface area contributed by atoms with E-state index in [-0.39, 0.29) is 19.6 Å². The summed E-state index contributed by atoms with van der Waals surface area (Å²) in [5, 5.41) is 30.7. The number of aliphatic hydroxyl groups is 3. The maximum absolute atomic E-state index is 12.8. The van der Waals surface area contributed by atoms with Gasteiger partial charge in [0.05, 0.1) is 19.8 Å². The number of carbonyl (C=O) groups is 1. The second-order valence-corrected chi connectivity index (χ2v) is 16.7. The molecule has 344 valence electrons. The molecule has 1 aliphatic rings. The Hall–Kier alpha value is -1.94. The SMILES string of the molecule is CCCCC/C=C\C/C=C\CCCCCCCC(=O)OC(COCCCCCCCC/C=C\C/C=C\CCCCCC)COC1OC(CO)C(O)C(OS(=O)(=O)O)C1O. The summed E-state index contributed by atoms with van der Waals surface area (Å²) in [7, 11) is -5.07. The fourth-order valence-corrected chi connectivity index (χ4v) is 7.18. The molecule has 0 aromatic rings. The number of ether oxygens (including phenoxy) is 4. The first-order valence-corrected chi connectivity index (χ1v) is 24.3. The largest absolute Gasteiger partial charge is 0.457 e. The van der Waals surface area contributed by atoms with E-state index in [1.54, 1.807) is 0 Å². The van der Waals surface area contributed by atoms with Gasteiger partial charge in [-0.3, -0.25) is 9.35 Å². The zero-order valence-electron chi connectivity index (χ0n) is 36.6. The van der Waals surface area contributed by atoms with E-state index in [4.69, 9.17) is 23.5 Å². The van der Waals surface area contributed by atoms with Crippen molar-refractivity contribution in [2.45, 2.75) is 211 Å². The molecule has 4 N–H and O–H groups in total. The Labute approximate surface area is 357 Å². The molecule has 1 fully saturated rings. The van der Waals surface area contributed by atoms with Crippen molar-refractivity contribution in [1.29, 1.82) is 0 Å². The molecule has 1 heterocycles. The van der Waals surface area contributed by atoms with Crippen LogP contribution in [0, 0.1) is 0 Å². The molecular weight excluding hydrogens is 777 g/mol. The normalized spacial score (nSPS) is 20.8. The first-order chi connectivity index (χ1) is 28.6. The maximum atomic E-state index is 12.8. The van der Waals surface area contributed by atoms with Crippen molar-refractivity contribution in [2.75, 3.05) is 26.4 Å². The third-order valence-electron chi connectivity index (χ3n) is 10.2. The van der Waals surface area contributed by atoms with Crippen molar-refractivity contribution in [3.63, 3.8) is 0 Å². The van der Waals surface area contributed by atoms with Crippen LogP contribution in [0.1, 0.15) is 174 Å². The highest BCUT2D eigenvalue weighted by atomic mass is 32.3. The molecule has 0 aromatic heterocycles. The minimum absolute atomic E-state index is 0.0219. The van der Waals surface area contributed by atoms with Gasteiger partial charge in [0.1, 0.15) is 30.5 Å². The van der Waals surface area contributed by atoms with Crippen molar-refractivity contribution in [3.05, 3.63) is 48.6 Å².